The van der Waals surface area contributed by atoms with Crippen molar-refractivity contribution in [3.05, 3.63) is 71.9 Å². The molecule has 0 aliphatic rings. The van der Waals surface area contributed by atoms with Crippen molar-refractivity contribution in [2.24, 2.45) is 0 Å². The summed E-state index contributed by atoms with van der Waals surface area (Å²) in [5.74, 6) is 1.04. The molecular formula is C19H21NO3. The number of ether oxygens (including phenoxy) is 2. The van der Waals surface area contributed by atoms with E-state index < -0.39 is 0 Å². The molecule has 0 saturated heterocycles. The predicted octanol–water partition coefficient (Wildman–Crippen LogP) is 3.53. The summed E-state index contributed by atoms with van der Waals surface area (Å²) < 4.78 is 11.0. The highest BCUT2D eigenvalue weighted by Gasteiger charge is 2.12. The number of carbonyl (C=O) groups is 1. The average molecular weight is 311 g/mol. The Morgan fingerprint density at radius 3 is 2.52 bits per heavy atom. The first-order valence-electron chi connectivity index (χ1n) is 7.34. The Bertz CT molecular complexity index is 678. The molecule has 0 bridgehead atoms. The fraction of sp³-hybridized carbons (Fsp3) is 0.211. The van der Waals surface area contributed by atoms with Crippen LogP contribution >= 0.6 is 0 Å². The molecule has 0 N–H and O–H groups in total. The molecule has 0 radical (unpaired) electrons. The molecule has 2 aromatic rings. The topological polar surface area (TPSA) is 38.8 Å². The zero-order chi connectivity index (χ0) is 16.7. The lowest BCUT2D eigenvalue weighted by atomic mass is 10.1. The standard InChI is InChI=1S/C19H21NO3/c1-20(2)12-11-18(21)17-13-16(22-3)9-10-19(17)23-14-15-7-5-4-6-8-15/h4-13H,14H2,1-3H3. The third kappa shape index (κ3) is 4.88. The summed E-state index contributed by atoms with van der Waals surface area (Å²) in [4.78, 5) is 14.2. The molecule has 0 atom stereocenters. The van der Waals surface area contributed by atoms with Crippen LogP contribution in [0.2, 0.25) is 0 Å². The van der Waals surface area contributed by atoms with Crippen LogP contribution in [0.25, 0.3) is 0 Å². The van der Waals surface area contributed by atoms with Gasteiger partial charge in [0.05, 0.1) is 12.7 Å². The summed E-state index contributed by atoms with van der Waals surface area (Å²) >= 11 is 0. The summed E-state index contributed by atoms with van der Waals surface area (Å²) in [6, 6.07) is 15.1. The molecule has 4 nitrogen and oxygen atoms in total. The quantitative estimate of drug-likeness (QED) is 0.579. The van der Waals surface area contributed by atoms with Gasteiger partial charge in [-0.05, 0) is 23.8 Å². The number of rotatable bonds is 7. The molecular weight excluding hydrogens is 290 g/mol. The van der Waals surface area contributed by atoms with E-state index in [9.17, 15) is 4.79 Å². The Labute approximate surface area is 137 Å². The Balaban J connectivity index is 2.22. The van der Waals surface area contributed by atoms with Crippen molar-refractivity contribution < 1.29 is 14.3 Å². The second-order valence-electron chi connectivity index (χ2n) is 5.28. The van der Waals surface area contributed by atoms with Crippen molar-refractivity contribution >= 4 is 5.78 Å². The Morgan fingerprint density at radius 1 is 1.13 bits per heavy atom. The van der Waals surface area contributed by atoms with Crippen LogP contribution in [0.1, 0.15) is 15.9 Å². The second-order valence-corrected chi connectivity index (χ2v) is 5.28. The van der Waals surface area contributed by atoms with E-state index in [2.05, 4.69) is 0 Å². The van der Waals surface area contributed by atoms with Crippen LogP contribution in [0.15, 0.2) is 60.8 Å². The van der Waals surface area contributed by atoms with Crippen molar-refractivity contribution in [2.75, 3.05) is 21.2 Å². The third-order valence-electron chi connectivity index (χ3n) is 3.21. The lowest BCUT2D eigenvalue weighted by Crippen LogP contribution is -2.06. The number of hydrogen-bond acceptors (Lipinski definition) is 4. The van der Waals surface area contributed by atoms with Gasteiger partial charge in [-0.2, -0.15) is 0 Å². The maximum absolute atomic E-state index is 12.4. The van der Waals surface area contributed by atoms with Gasteiger partial charge in [0.1, 0.15) is 18.1 Å². The smallest absolute Gasteiger partial charge is 0.191 e. The van der Waals surface area contributed by atoms with Crippen molar-refractivity contribution in [3.63, 3.8) is 0 Å². The van der Waals surface area contributed by atoms with E-state index in [4.69, 9.17) is 9.47 Å². The molecule has 120 valence electrons. The second kappa shape index (κ2) is 8.03. The van der Waals surface area contributed by atoms with Crippen LogP contribution in [0.3, 0.4) is 0 Å². The Kier molecular flexibility index (Phi) is 5.80. The van der Waals surface area contributed by atoms with Crippen LogP contribution in [0.5, 0.6) is 11.5 Å². The first-order chi connectivity index (χ1) is 11.1. The normalized spacial score (nSPS) is 10.6. The van der Waals surface area contributed by atoms with E-state index in [0.717, 1.165) is 5.56 Å². The molecule has 0 amide bonds. The summed E-state index contributed by atoms with van der Waals surface area (Å²) in [6.45, 7) is 0.408. The molecule has 0 aliphatic carbocycles. The molecule has 0 aliphatic heterocycles. The van der Waals surface area contributed by atoms with Crippen LogP contribution in [0.4, 0.5) is 0 Å². The lowest BCUT2D eigenvalue weighted by molar-refractivity contribution is 0.104. The number of methoxy groups -OCH3 is 1. The van der Waals surface area contributed by atoms with Crippen molar-refractivity contribution in [1.29, 1.82) is 0 Å². The molecule has 4 heteroatoms. The van der Waals surface area contributed by atoms with E-state index in [1.807, 2.05) is 49.3 Å². The summed E-state index contributed by atoms with van der Waals surface area (Å²) in [6.07, 6.45) is 3.23. The van der Waals surface area contributed by atoms with E-state index >= 15 is 0 Å². The molecule has 0 saturated carbocycles. The summed E-state index contributed by atoms with van der Waals surface area (Å²) in [7, 11) is 5.30. The average Bonchev–Trinajstić information content (AvgIpc) is 2.58. The summed E-state index contributed by atoms with van der Waals surface area (Å²) in [5.41, 5.74) is 1.53. The lowest BCUT2D eigenvalue weighted by Gasteiger charge is -2.12. The molecule has 2 aromatic carbocycles. The van der Waals surface area contributed by atoms with Crippen LogP contribution in [0, 0.1) is 0 Å². The molecule has 0 heterocycles. The number of carbonyl (C=O) groups excluding carboxylic acids is 1. The van der Waals surface area contributed by atoms with Gasteiger partial charge in [0.15, 0.2) is 5.78 Å². The van der Waals surface area contributed by atoms with E-state index in [0.29, 0.717) is 23.7 Å². The minimum absolute atomic E-state index is 0.124. The monoisotopic (exact) mass is 311 g/mol. The van der Waals surface area contributed by atoms with Gasteiger partial charge in [-0.3, -0.25) is 4.79 Å². The molecule has 23 heavy (non-hydrogen) atoms. The van der Waals surface area contributed by atoms with E-state index in [1.54, 1.807) is 31.5 Å². The largest absolute Gasteiger partial charge is 0.497 e. The Hall–Kier alpha value is -2.75. The first-order valence-corrected chi connectivity index (χ1v) is 7.34. The first kappa shape index (κ1) is 16.6. The van der Waals surface area contributed by atoms with E-state index in [-0.39, 0.29) is 5.78 Å². The van der Waals surface area contributed by atoms with Crippen LogP contribution < -0.4 is 9.47 Å². The number of nitrogens with zero attached hydrogens (tertiary/aromatic N) is 1. The third-order valence-corrected chi connectivity index (χ3v) is 3.21. The van der Waals surface area contributed by atoms with Crippen molar-refractivity contribution in [2.45, 2.75) is 6.61 Å². The maximum Gasteiger partial charge on any atom is 0.191 e. The minimum Gasteiger partial charge on any atom is -0.497 e. The number of allylic oxidation sites excluding steroid dienone is 1. The molecule has 0 aromatic heterocycles. The maximum atomic E-state index is 12.4. The number of hydrogen-bond donors (Lipinski definition) is 0. The molecule has 2 rings (SSSR count). The van der Waals surface area contributed by atoms with Gasteiger partial charge < -0.3 is 14.4 Å². The van der Waals surface area contributed by atoms with Gasteiger partial charge >= 0.3 is 0 Å². The fourth-order valence-corrected chi connectivity index (χ4v) is 2.00. The van der Waals surface area contributed by atoms with E-state index in [1.165, 1.54) is 6.08 Å². The van der Waals surface area contributed by atoms with Gasteiger partial charge in [0.2, 0.25) is 0 Å². The SMILES string of the molecule is COc1ccc(OCc2ccccc2)c(C(=O)C=CN(C)C)c1. The fourth-order valence-electron chi connectivity index (χ4n) is 2.00. The van der Waals surface area contributed by atoms with Crippen molar-refractivity contribution in [3.8, 4) is 11.5 Å². The predicted molar refractivity (Wildman–Crippen MR) is 90.9 cm³/mol. The molecule has 0 unspecified atom stereocenters. The zero-order valence-corrected chi connectivity index (χ0v) is 13.7. The highest BCUT2D eigenvalue weighted by atomic mass is 16.5. The Morgan fingerprint density at radius 2 is 1.87 bits per heavy atom. The summed E-state index contributed by atoms with van der Waals surface area (Å²) in [5, 5.41) is 0. The van der Waals surface area contributed by atoms with Crippen molar-refractivity contribution in [1.82, 2.24) is 4.90 Å². The molecule has 0 fully saturated rings. The highest BCUT2D eigenvalue weighted by molar-refractivity contribution is 6.06. The minimum atomic E-state index is -0.124. The van der Waals surface area contributed by atoms with Gasteiger partial charge in [0, 0.05) is 26.4 Å². The zero-order valence-electron chi connectivity index (χ0n) is 13.7. The van der Waals surface area contributed by atoms with Crippen LogP contribution in [-0.2, 0) is 6.61 Å². The van der Waals surface area contributed by atoms with Gasteiger partial charge in [-0.15, -0.1) is 0 Å². The van der Waals surface area contributed by atoms with Gasteiger partial charge in [-0.25, -0.2) is 0 Å². The highest BCUT2D eigenvalue weighted by Crippen LogP contribution is 2.26. The van der Waals surface area contributed by atoms with Crippen LogP contribution in [-0.4, -0.2) is 31.9 Å². The number of ketones is 1. The number of benzene rings is 2. The molecule has 0 spiro atoms. The van der Waals surface area contributed by atoms with Gasteiger partial charge in [0.25, 0.3) is 0 Å². The van der Waals surface area contributed by atoms with Gasteiger partial charge in [-0.1, -0.05) is 30.3 Å².